The summed E-state index contributed by atoms with van der Waals surface area (Å²) in [4.78, 5) is 114. The summed E-state index contributed by atoms with van der Waals surface area (Å²) in [6.45, 7) is 3.55. The van der Waals surface area contributed by atoms with E-state index in [0.717, 1.165) is 16.5 Å². The quantitative estimate of drug-likeness (QED) is 0.0228. The zero-order chi connectivity index (χ0) is 56.9. The van der Waals surface area contributed by atoms with Crippen molar-refractivity contribution < 1.29 is 53.7 Å². The average molecular weight is 1110 g/mol. The lowest BCUT2D eigenvalue weighted by Gasteiger charge is -2.29. The smallest absolute Gasteiger partial charge is 0.326 e. The average Bonchev–Trinajstić information content (AvgIpc) is 3.84. The lowest BCUT2D eigenvalue weighted by Crippen LogP contribution is -2.61. The lowest BCUT2D eigenvalue weighted by molar-refractivity contribution is -0.142. The van der Waals surface area contributed by atoms with Crippen LogP contribution in [0.2, 0.25) is 0 Å². The van der Waals surface area contributed by atoms with Crippen LogP contribution in [-0.2, 0) is 64.0 Å². The summed E-state index contributed by atoms with van der Waals surface area (Å²) in [5, 5.41) is 48.9. The Balaban J connectivity index is 1.37. The molecule has 418 valence electrons. The first-order valence-electron chi connectivity index (χ1n) is 25.5. The molecule has 5 aromatic rings. The zero-order valence-corrected chi connectivity index (χ0v) is 45.1. The van der Waals surface area contributed by atoms with Gasteiger partial charge in [-0.05, 0) is 90.7 Å². The summed E-state index contributed by atoms with van der Waals surface area (Å²) in [5.41, 5.74) is 15.2. The number of aliphatic carboxylic acids is 1. The molecule has 0 saturated heterocycles. The van der Waals surface area contributed by atoms with E-state index in [1.165, 1.54) is 36.4 Å². The Kier molecular flexibility index (Phi) is 23.8. The number of hydrogen-bond donors (Lipinski definition) is 15. The molecule has 7 amide bonds. The maximum atomic E-state index is 14.8. The first kappa shape index (κ1) is 61.3. The van der Waals surface area contributed by atoms with E-state index >= 15 is 0 Å². The summed E-state index contributed by atoms with van der Waals surface area (Å²) in [6.07, 6.45) is 2.32. The molecule has 0 unspecified atom stereocenters. The summed E-state index contributed by atoms with van der Waals surface area (Å²) in [5.74, 6) is -7.91. The molecule has 0 aliphatic carbocycles. The zero-order valence-electron chi connectivity index (χ0n) is 43.3. The molecular weight excluding hydrogens is 1040 g/mol. The number of aromatic nitrogens is 1. The molecule has 5 rings (SSSR count). The van der Waals surface area contributed by atoms with Crippen LogP contribution in [0.15, 0.2) is 109 Å². The molecule has 1 aromatic heterocycles. The second-order valence-corrected chi connectivity index (χ2v) is 19.9. The van der Waals surface area contributed by atoms with Gasteiger partial charge in [-0.15, -0.1) is 0 Å². The number of unbranched alkanes of at least 4 members (excludes halogenated alkanes) is 1. The standard InChI is InChI=1S/C55H70N10O11S2/c1-31(2)47(54(74)64-46(30-78)53(73)62-44(55(75)76)26-34-17-21-37(67)22-18-34)65-49(69)41(14-8-9-23-56)59-51(71)43(27-35-28-58-40-13-7-6-12-38(35)40)61-50(70)42(25-33-15-19-36(66)20-16-33)60-52(72)45(29-77)63-48(68)39(57)24-32-10-4-3-5-11-32/h3-7,10-13,15-22,28,31,39,41-47,58,66-67,77-78H,8-9,14,23-27,29-30,56-57H2,1-2H3,(H,59,71)(H,60,72)(H,61,70)(H,62,73)(H,63,68)(H,64,74)(H,65,69)(H,75,76)/t39-,41+,42+,43-,44+,45+,46+,47+/m1/s1. The van der Waals surface area contributed by atoms with E-state index in [9.17, 15) is 53.7 Å². The fourth-order valence-corrected chi connectivity index (χ4v) is 8.92. The molecule has 0 aliphatic heterocycles. The highest BCUT2D eigenvalue weighted by Gasteiger charge is 2.35. The van der Waals surface area contributed by atoms with Crippen molar-refractivity contribution in [2.75, 3.05) is 18.1 Å². The van der Waals surface area contributed by atoms with Gasteiger partial charge in [0.05, 0.1) is 6.04 Å². The number of phenols is 2. The molecule has 78 heavy (non-hydrogen) atoms. The van der Waals surface area contributed by atoms with Gasteiger partial charge in [0, 0.05) is 47.9 Å². The van der Waals surface area contributed by atoms with Crippen LogP contribution in [0.1, 0.15) is 55.4 Å². The molecule has 23 heteroatoms. The van der Waals surface area contributed by atoms with E-state index in [1.807, 2.05) is 36.4 Å². The first-order valence-corrected chi connectivity index (χ1v) is 26.7. The number of benzene rings is 4. The summed E-state index contributed by atoms with van der Waals surface area (Å²) in [6, 6.07) is 17.6. The van der Waals surface area contributed by atoms with Gasteiger partial charge in [-0.2, -0.15) is 25.3 Å². The van der Waals surface area contributed by atoms with Crippen LogP contribution >= 0.6 is 25.3 Å². The molecule has 0 bridgehead atoms. The predicted molar refractivity (Wildman–Crippen MR) is 300 cm³/mol. The second-order valence-electron chi connectivity index (χ2n) is 19.2. The normalized spacial score (nSPS) is 14.3. The number of nitrogens with two attached hydrogens (primary N) is 2. The molecule has 0 fully saturated rings. The van der Waals surface area contributed by atoms with E-state index in [-0.39, 0.29) is 61.7 Å². The molecule has 4 aromatic carbocycles. The Hall–Kier alpha value is -7.60. The number of hydrogen-bond acceptors (Lipinski definition) is 14. The Morgan fingerprint density at radius 3 is 1.50 bits per heavy atom. The van der Waals surface area contributed by atoms with Gasteiger partial charge in [0.25, 0.3) is 0 Å². The number of rotatable bonds is 30. The molecule has 15 N–H and O–H groups in total. The fourth-order valence-electron chi connectivity index (χ4n) is 8.40. The Labute approximate surface area is 463 Å². The van der Waals surface area contributed by atoms with Crippen LogP contribution in [-0.4, -0.2) is 134 Å². The minimum Gasteiger partial charge on any atom is -0.508 e. The van der Waals surface area contributed by atoms with Crippen molar-refractivity contribution in [3.8, 4) is 11.5 Å². The number of nitrogens with one attached hydrogen (secondary N) is 8. The number of fused-ring (bicyclic) bond motifs is 1. The highest BCUT2D eigenvalue weighted by atomic mass is 32.1. The van der Waals surface area contributed by atoms with Crippen molar-refractivity contribution in [1.82, 2.24) is 42.2 Å². The second kappa shape index (κ2) is 30.4. The van der Waals surface area contributed by atoms with Gasteiger partial charge in [-0.25, -0.2) is 4.79 Å². The number of phenolic OH excluding ortho intramolecular Hbond substituents is 2. The van der Waals surface area contributed by atoms with Gasteiger partial charge in [0.15, 0.2) is 0 Å². The molecular formula is C55H70N10O11S2. The van der Waals surface area contributed by atoms with E-state index in [4.69, 9.17) is 11.5 Å². The van der Waals surface area contributed by atoms with Crippen molar-refractivity contribution in [3.63, 3.8) is 0 Å². The van der Waals surface area contributed by atoms with E-state index in [0.29, 0.717) is 29.5 Å². The fraction of sp³-hybridized carbons (Fsp3) is 0.382. The van der Waals surface area contributed by atoms with E-state index < -0.39 is 102 Å². The lowest BCUT2D eigenvalue weighted by atomic mass is 10.00. The highest BCUT2D eigenvalue weighted by Crippen LogP contribution is 2.21. The Morgan fingerprint density at radius 1 is 0.513 bits per heavy atom. The number of aromatic hydroxyl groups is 2. The van der Waals surface area contributed by atoms with Crippen molar-refractivity contribution in [2.24, 2.45) is 17.4 Å². The molecule has 1 heterocycles. The summed E-state index contributed by atoms with van der Waals surface area (Å²) < 4.78 is 0. The van der Waals surface area contributed by atoms with Gasteiger partial charge in [0.2, 0.25) is 41.4 Å². The van der Waals surface area contributed by atoms with Gasteiger partial charge < -0.3 is 69.0 Å². The van der Waals surface area contributed by atoms with Gasteiger partial charge in [0.1, 0.15) is 53.8 Å². The van der Waals surface area contributed by atoms with Crippen LogP contribution in [0, 0.1) is 5.92 Å². The van der Waals surface area contributed by atoms with E-state index in [2.05, 4.69) is 67.5 Å². The summed E-state index contributed by atoms with van der Waals surface area (Å²) >= 11 is 8.56. The van der Waals surface area contributed by atoms with Crippen molar-refractivity contribution in [1.29, 1.82) is 0 Å². The molecule has 0 aliphatic rings. The largest absolute Gasteiger partial charge is 0.508 e. The van der Waals surface area contributed by atoms with Crippen LogP contribution in [0.5, 0.6) is 11.5 Å². The minimum atomic E-state index is -1.41. The number of amides is 7. The number of para-hydroxylation sites is 1. The number of carboxylic acid groups (broad SMARTS) is 1. The third-order valence-corrected chi connectivity index (χ3v) is 13.6. The summed E-state index contributed by atoms with van der Waals surface area (Å²) in [7, 11) is 0. The predicted octanol–water partition coefficient (Wildman–Crippen LogP) is 1.30. The number of carboxylic acids is 1. The number of H-pyrrole nitrogens is 1. The maximum Gasteiger partial charge on any atom is 0.326 e. The topological polar surface area (TPSA) is 349 Å². The molecule has 0 spiro atoms. The minimum absolute atomic E-state index is 0.0276. The van der Waals surface area contributed by atoms with Gasteiger partial charge in [-0.1, -0.05) is 86.6 Å². The Morgan fingerprint density at radius 2 is 0.962 bits per heavy atom. The van der Waals surface area contributed by atoms with Crippen LogP contribution in [0.4, 0.5) is 0 Å². The van der Waals surface area contributed by atoms with Gasteiger partial charge in [-0.3, -0.25) is 33.6 Å². The van der Waals surface area contributed by atoms with Crippen LogP contribution < -0.4 is 48.7 Å². The van der Waals surface area contributed by atoms with E-state index in [1.54, 1.807) is 50.4 Å². The maximum absolute atomic E-state index is 14.8. The van der Waals surface area contributed by atoms with Gasteiger partial charge >= 0.3 is 5.97 Å². The molecule has 8 atom stereocenters. The molecule has 0 saturated carbocycles. The first-order chi connectivity index (χ1) is 37.3. The van der Waals surface area contributed by atoms with Crippen LogP contribution in [0.3, 0.4) is 0 Å². The monoisotopic (exact) mass is 1110 g/mol. The number of thiol groups is 2. The van der Waals surface area contributed by atoms with Crippen molar-refractivity contribution in [2.45, 2.75) is 107 Å². The third kappa shape index (κ3) is 18.6. The van der Waals surface area contributed by atoms with Crippen LogP contribution in [0.25, 0.3) is 10.9 Å². The number of carbonyl (C=O) groups is 8. The Bertz CT molecular complexity index is 2820. The number of carbonyl (C=O) groups excluding carboxylic acids is 7. The van der Waals surface area contributed by atoms with Crippen molar-refractivity contribution >= 4 is 83.5 Å². The third-order valence-electron chi connectivity index (χ3n) is 12.8. The molecule has 21 nitrogen and oxygen atoms in total. The SMILES string of the molecule is CC(C)[C@H](NC(=O)[C@H](CCCCN)NC(=O)[C@@H](Cc1c[nH]c2ccccc12)NC(=O)[C@H](Cc1ccc(O)cc1)NC(=O)[C@H](CS)NC(=O)[C@H](N)Cc1ccccc1)C(=O)N[C@@H](CS)C(=O)N[C@@H](Cc1ccc(O)cc1)C(=O)O. The van der Waals surface area contributed by atoms with Crippen molar-refractivity contribution in [3.05, 3.63) is 132 Å². The molecule has 0 radical (unpaired) electrons. The highest BCUT2D eigenvalue weighted by molar-refractivity contribution is 7.80. The number of aromatic amines is 1.